The molecule has 1 aromatic carbocycles. The van der Waals surface area contributed by atoms with Crippen molar-refractivity contribution in [2.24, 2.45) is 4.99 Å². The number of nitrogens with zero attached hydrogens (tertiary/aromatic N) is 3. The highest BCUT2D eigenvalue weighted by molar-refractivity contribution is 9.10. The minimum Gasteiger partial charge on any atom is -0.480 e. The van der Waals surface area contributed by atoms with E-state index in [-0.39, 0.29) is 46.8 Å². The van der Waals surface area contributed by atoms with Gasteiger partial charge >= 0.3 is 11.9 Å². The summed E-state index contributed by atoms with van der Waals surface area (Å²) in [6.07, 6.45) is 1.56. The number of carboxylic acid groups (broad SMARTS) is 1. The highest BCUT2D eigenvalue weighted by Gasteiger charge is 2.37. The van der Waals surface area contributed by atoms with Crippen LogP contribution < -0.4 is 5.32 Å². The van der Waals surface area contributed by atoms with Crippen LogP contribution in [0.2, 0.25) is 0 Å². The van der Waals surface area contributed by atoms with Gasteiger partial charge in [-0.1, -0.05) is 6.07 Å². The number of rotatable bonds is 6. The first-order chi connectivity index (χ1) is 16.3. The van der Waals surface area contributed by atoms with Crippen molar-refractivity contribution >= 4 is 45.0 Å². The van der Waals surface area contributed by atoms with Gasteiger partial charge in [-0.3, -0.25) is 14.7 Å². The first-order valence-corrected chi connectivity index (χ1v) is 11.7. The minimum atomic E-state index is -1.26. The predicted octanol–water partition coefficient (Wildman–Crippen LogP) is 2.49. The lowest BCUT2D eigenvalue weighted by atomic mass is 9.94. The molecule has 2 aliphatic heterocycles. The van der Waals surface area contributed by atoms with E-state index in [1.54, 1.807) is 16.5 Å². The van der Waals surface area contributed by atoms with Gasteiger partial charge in [-0.05, 0) is 22.0 Å². The molecule has 0 unspecified atom stereocenters. The number of aliphatic carboxylic acids is 1. The fourth-order valence-corrected chi connectivity index (χ4v) is 4.65. The van der Waals surface area contributed by atoms with Gasteiger partial charge in [-0.15, -0.1) is 11.3 Å². The summed E-state index contributed by atoms with van der Waals surface area (Å²) in [7, 11) is 1.16. The van der Waals surface area contributed by atoms with Gasteiger partial charge in [-0.25, -0.2) is 18.6 Å². The second kappa shape index (κ2) is 10.3. The Labute approximate surface area is 205 Å². The van der Waals surface area contributed by atoms with Crippen LogP contribution in [0.15, 0.2) is 44.4 Å². The molecule has 1 aromatic heterocycles. The van der Waals surface area contributed by atoms with Gasteiger partial charge in [-0.2, -0.15) is 0 Å². The summed E-state index contributed by atoms with van der Waals surface area (Å²) in [5, 5.41) is 14.8. The number of hydrogen-bond donors (Lipinski definition) is 2. The molecule has 3 heterocycles. The molecule has 0 radical (unpaired) electrons. The fourth-order valence-electron chi connectivity index (χ4n) is 3.75. The Bertz CT molecular complexity index is 1170. The Kier molecular flexibility index (Phi) is 7.36. The van der Waals surface area contributed by atoms with E-state index in [1.807, 2.05) is 0 Å². The van der Waals surface area contributed by atoms with Gasteiger partial charge in [0, 0.05) is 35.9 Å². The van der Waals surface area contributed by atoms with Crippen molar-refractivity contribution in [3.63, 3.8) is 0 Å². The Morgan fingerprint density at radius 2 is 2.18 bits per heavy atom. The number of hydrogen-bond acceptors (Lipinski definition) is 9. The summed E-state index contributed by atoms with van der Waals surface area (Å²) in [5.74, 6) is -3.93. The van der Waals surface area contributed by atoms with Crippen LogP contribution >= 0.6 is 27.3 Å². The van der Waals surface area contributed by atoms with Crippen LogP contribution in [0.1, 0.15) is 16.6 Å². The van der Waals surface area contributed by atoms with E-state index in [9.17, 15) is 19.1 Å². The van der Waals surface area contributed by atoms with Crippen molar-refractivity contribution < 1.29 is 33.0 Å². The molecular formula is C21H19BrF2N4O5S. The Morgan fingerprint density at radius 1 is 1.38 bits per heavy atom. The highest BCUT2D eigenvalue weighted by atomic mass is 79.9. The average molecular weight is 557 g/mol. The second-order valence-electron chi connectivity index (χ2n) is 7.39. The van der Waals surface area contributed by atoms with Crippen LogP contribution in [-0.2, 0) is 19.1 Å². The number of amidine groups is 1. The summed E-state index contributed by atoms with van der Waals surface area (Å²) in [4.78, 5) is 35.0. The maximum absolute atomic E-state index is 15.0. The summed E-state index contributed by atoms with van der Waals surface area (Å²) in [6, 6.07) is 0.446. The summed E-state index contributed by atoms with van der Waals surface area (Å²) >= 11 is 4.21. The molecule has 2 aromatic rings. The van der Waals surface area contributed by atoms with Gasteiger partial charge < -0.3 is 19.9 Å². The molecule has 2 atom stereocenters. The number of halogens is 3. The zero-order valence-corrected chi connectivity index (χ0v) is 20.2. The van der Waals surface area contributed by atoms with Crippen molar-refractivity contribution in [1.82, 2.24) is 15.2 Å². The van der Waals surface area contributed by atoms with Crippen LogP contribution in [0.3, 0.4) is 0 Å². The third kappa shape index (κ3) is 4.73. The molecule has 1 fully saturated rings. The van der Waals surface area contributed by atoms with Crippen molar-refractivity contribution in [1.29, 1.82) is 0 Å². The van der Waals surface area contributed by atoms with E-state index in [2.05, 4.69) is 31.2 Å². The number of ether oxygens (including phenoxy) is 2. The van der Waals surface area contributed by atoms with Gasteiger partial charge in [0.2, 0.25) is 0 Å². The third-order valence-corrected chi connectivity index (χ3v) is 6.80. The molecule has 13 heteroatoms. The number of carbonyl (C=O) groups excluding carboxylic acids is 1. The summed E-state index contributed by atoms with van der Waals surface area (Å²) < 4.78 is 39.6. The molecule has 9 nitrogen and oxygen atoms in total. The van der Waals surface area contributed by atoms with Crippen LogP contribution in [-0.4, -0.2) is 72.2 Å². The predicted molar refractivity (Wildman–Crippen MR) is 121 cm³/mol. The van der Waals surface area contributed by atoms with Gasteiger partial charge in [0.25, 0.3) is 0 Å². The molecule has 34 heavy (non-hydrogen) atoms. The molecule has 2 aliphatic rings. The Morgan fingerprint density at radius 3 is 2.85 bits per heavy atom. The monoisotopic (exact) mass is 556 g/mol. The third-order valence-electron chi connectivity index (χ3n) is 5.41. The lowest BCUT2D eigenvalue weighted by Gasteiger charge is -2.35. The lowest BCUT2D eigenvalue weighted by molar-refractivity contribution is -0.149. The van der Waals surface area contributed by atoms with Crippen molar-refractivity contribution in [3.05, 3.63) is 61.7 Å². The van der Waals surface area contributed by atoms with E-state index < -0.39 is 35.7 Å². The van der Waals surface area contributed by atoms with Crippen LogP contribution in [0.4, 0.5) is 8.78 Å². The zero-order valence-electron chi connectivity index (χ0n) is 17.8. The van der Waals surface area contributed by atoms with Crippen LogP contribution in [0, 0.1) is 11.6 Å². The van der Waals surface area contributed by atoms with Crippen LogP contribution in [0.5, 0.6) is 0 Å². The van der Waals surface area contributed by atoms with Crippen LogP contribution in [0.25, 0.3) is 0 Å². The largest absolute Gasteiger partial charge is 0.480 e. The molecule has 0 amide bonds. The minimum absolute atomic E-state index is 0.0215. The van der Waals surface area contributed by atoms with E-state index in [0.717, 1.165) is 7.11 Å². The number of esters is 1. The smallest absolute Gasteiger partial charge is 0.338 e. The number of thiazole rings is 1. The number of morpholine rings is 1. The van der Waals surface area contributed by atoms with Crippen molar-refractivity contribution in [3.8, 4) is 0 Å². The first kappa shape index (κ1) is 24.4. The normalized spacial score (nSPS) is 21.1. The zero-order chi connectivity index (χ0) is 24.4. The maximum atomic E-state index is 15.0. The molecule has 0 bridgehead atoms. The summed E-state index contributed by atoms with van der Waals surface area (Å²) in [6.45, 7) is 0.534. The molecule has 0 spiro atoms. The molecule has 0 saturated carbocycles. The number of aliphatic imine (C=N–C) groups is 1. The number of benzene rings is 1. The van der Waals surface area contributed by atoms with Crippen molar-refractivity contribution in [2.75, 3.05) is 33.4 Å². The first-order valence-electron chi connectivity index (χ1n) is 10.1. The van der Waals surface area contributed by atoms with Gasteiger partial charge in [0.15, 0.2) is 22.5 Å². The SMILES string of the molecule is COC(=O)C1=C(CN2CCOC[C@H]2C(=O)O)NC(c2nccs2)=N[C@H]1c1ccc(Br)c(F)c1F. The van der Waals surface area contributed by atoms with Gasteiger partial charge in [0.1, 0.15) is 12.1 Å². The standard InChI is InChI=1S/C21H19BrF2N4O5S/c1-32-21(31)14-12(8-28-5-6-33-9-13(28)20(29)30)26-18(19-25-4-7-34-19)27-17(14)10-2-3-11(22)16(24)15(10)23/h2-4,7,13,17H,5-6,8-9H2,1H3,(H,26,27)(H,29,30)/t13-,17-/m0/s1. The number of nitrogens with one attached hydrogen (secondary N) is 1. The molecular weight excluding hydrogens is 538 g/mol. The molecule has 2 N–H and O–H groups in total. The number of aromatic nitrogens is 1. The fraction of sp³-hybridized carbons (Fsp3) is 0.333. The highest BCUT2D eigenvalue weighted by Crippen LogP contribution is 2.36. The second-order valence-corrected chi connectivity index (χ2v) is 9.14. The van der Waals surface area contributed by atoms with E-state index >= 15 is 4.39 Å². The average Bonchev–Trinajstić information content (AvgIpc) is 3.37. The van der Waals surface area contributed by atoms with E-state index in [4.69, 9.17) is 9.47 Å². The summed E-state index contributed by atoms with van der Waals surface area (Å²) in [5.41, 5.74) is 0.0258. The quantitative estimate of drug-likeness (QED) is 0.412. The lowest BCUT2D eigenvalue weighted by Crippen LogP contribution is -2.52. The van der Waals surface area contributed by atoms with E-state index in [0.29, 0.717) is 11.6 Å². The van der Waals surface area contributed by atoms with Gasteiger partial charge in [0.05, 0.1) is 30.4 Å². The van der Waals surface area contributed by atoms with E-state index in [1.165, 1.54) is 23.5 Å². The van der Waals surface area contributed by atoms with Crippen molar-refractivity contribution in [2.45, 2.75) is 12.1 Å². The Hall–Kier alpha value is -2.74. The number of carboxylic acids is 1. The Balaban J connectivity index is 1.85. The number of carbonyl (C=O) groups is 2. The topological polar surface area (TPSA) is 113 Å². The molecule has 0 aliphatic carbocycles. The molecule has 4 rings (SSSR count). The number of methoxy groups -OCH3 is 1. The molecule has 180 valence electrons. The molecule has 1 saturated heterocycles. The maximum Gasteiger partial charge on any atom is 0.338 e.